The number of hydrogen-bond donors (Lipinski definition) is 2. The Morgan fingerprint density at radius 1 is 1.30 bits per heavy atom. The van der Waals surface area contributed by atoms with Gasteiger partial charge in [0.05, 0.1) is 14.2 Å². The number of amides is 1. The number of ether oxygens (including phenoxy) is 2. The molecule has 0 bridgehead atoms. The van der Waals surface area contributed by atoms with Gasteiger partial charge >= 0.3 is 0 Å². The van der Waals surface area contributed by atoms with E-state index in [9.17, 15) is 4.79 Å². The van der Waals surface area contributed by atoms with Crippen LogP contribution < -0.4 is 20.1 Å². The summed E-state index contributed by atoms with van der Waals surface area (Å²) in [7, 11) is 5.10. The Bertz CT molecular complexity index is 507. The molecule has 0 heterocycles. The quantitative estimate of drug-likeness (QED) is 0.506. The van der Waals surface area contributed by atoms with Gasteiger partial charge in [0.2, 0.25) is 5.91 Å². The van der Waals surface area contributed by atoms with Gasteiger partial charge in [0.15, 0.2) is 11.5 Å². The number of carbonyl (C=O) groups is 1. The number of benzene rings is 1. The van der Waals surface area contributed by atoms with Crippen LogP contribution in [-0.2, 0) is 17.8 Å². The molecule has 1 rings (SSSR count). The zero-order valence-electron chi connectivity index (χ0n) is 14.1. The van der Waals surface area contributed by atoms with Gasteiger partial charge in [0.25, 0.3) is 0 Å². The minimum absolute atomic E-state index is 0. The van der Waals surface area contributed by atoms with E-state index in [0.29, 0.717) is 30.9 Å². The first-order valence-electron chi connectivity index (χ1n) is 7.42. The maximum Gasteiger partial charge on any atom is 0.220 e. The molecule has 23 heavy (non-hydrogen) atoms. The molecule has 6 heteroatoms. The van der Waals surface area contributed by atoms with Gasteiger partial charge in [0, 0.05) is 18.5 Å². The molecule has 0 radical (unpaired) electrons. The molecule has 0 aliphatic rings. The van der Waals surface area contributed by atoms with Crippen molar-refractivity contribution >= 4 is 18.3 Å². The van der Waals surface area contributed by atoms with Crippen molar-refractivity contribution in [3.63, 3.8) is 0 Å². The lowest BCUT2D eigenvalue weighted by molar-refractivity contribution is -0.121. The fourth-order valence-electron chi connectivity index (χ4n) is 2.23. The summed E-state index contributed by atoms with van der Waals surface area (Å²) in [5.74, 6) is 1.43. The van der Waals surface area contributed by atoms with Crippen LogP contribution in [0.2, 0.25) is 0 Å². The molecular weight excluding hydrogens is 316 g/mol. The maximum absolute atomic E-state index is 11.8. The van der Waals surface area contributed by atoms with Crippen molar-refractivity contribution in [1.29, 1.82) is 0 Å². The predicted molar refractivity (Wildman–Crippen MR) is 95.7 cm³/mol. The van der Waals surface area contributed by atoms with Crippen LogP contribution in [0.4, 0.5) is 0 Å². The summed E-state index contributed by atoms with van der Waals surface area (Å²) < 4.78 is 10.8. The third-order valence-electron chi connectivity index (χ3n) is 3.30. The molecule has 1 amide bonds. The van der Waals surface area contributed by atoms with Gasteiger partial charge in [-0.3, -0.25) is 4.79 Å². The van der Waals surface area contributed by atoms with Crippen LogP contribution in [0.25, 0.3) is 0 Å². The largest absolute Gasteiger partial charge is 0.493 e. The maximum atomic E-state index is 11.8. The third kappa shape index (κ3) is 6.93. The second-order valence-corrected chi connectivity index (χ2v) is 4.97. The number of nitrogens with one attached hydrogen (secondary N) is 2. The van der Waals surface area contributed by atoms with E-state index in [2.05, 4.69) is 17.2 Å². The lowest BCUT2D eigenvalue weighted by Crippen LogP contribution is -2.23. The van der Waals surface area contributed by atoms with Gasteiger partial charge in [-0.15, -0.1) is 19.0 Å². The topological polar surface area (TPSA) is 59.6 Å². The molecule has 0 fully saturated rings. The second kappa shape index (κ2) is 11.8. The monoisotopic (exact) mass is 342 g/mol. The van der Waals surface area contributed by atoms with Crippen LogP contribution in [-0.4, -0.2) is 33.7 Å². The van der Waals surface area contributed by atoms with Gasteiger partial charge in [-0.25, -0.2) is 0 Å². The van der Waals surface area contributed by atoms with Crippen LogP contribution in [0.15, 0.2) is 24.8 Å². The summed E-state index contributed by atoms with van der Waals surface area (Å²) in [6.45, 7) is 5.08. The standard InChI is InChI=1S/C17H26N2O3.ClH/c1-5-7-14-10-13(11-15(21-3)17(14)22-4)12-19-16(20)8-6-9-18-2;/h5,10-11,18H,1,6-9,12H2,2-4H3,(H,19,20);1H. The Balaban J connectivity index is 0.00000484. The molecule has 130 valence electrons. The molecule has 5 nitrogen and oxygen atoms in total. The van der Waals surface area contributed by atoms with Gasteiger partial charge < -0.3 is 20.1 Å². The normalized spacial score (nSPS) is 9.70. The minimum Gasteiger partial charge on any atom is -0.493 e. The fraction of sp³-hybridized carbons (Fsp3) is 0.471. The molecule has 0 saturated carbocycles. The number of methoxy groups -OCH3 is 2. The molecule has 0 aromatic heterocycles. The highest BCUT2D eigenvalue weighted by atomic mass is 35.5. The first kappa shape index (κ1) is 21.3. The van der Waals surface area contributed by atoms with E-state index < -0.39 is 0 Å². The summed E-state index contributed by atoms with van der Waals surface area (Å²) in [6.07, 6.45) is 3.85. The molecular formula is C17H27ClN2O3. The zero-order chi connectivity index (χ0) is 16.4. The average molecular weight is 343 g/mol. The highest BCUT2D eigenvalue weighted by Crippen LogP contribution is 2.33. The summed E-state index contributed by atoms with van der Waals surface area (Å²) in [5.41, 5.74) is 1.98. The smallest absolute Gasteiger partial charge is 0.220 e. The molecule has 0 saturated heterocycles. The Morgan fingerprint density at radius 2 is 2.04 bits per heavy atom. The molecule has 1 aromatic carbocycles. The van der Waals surface area contributed by atoms with Gasteiger partial charge in [0.1, 0.15) is 0 Å². The van der Waals surface area contributed by atoms with E-state index >= 15 is 0 Å². The second-order valence-electron chi connectivity index (χ2n) is 4.97. The van der Waals surface area contributed by atoms with E-state index in [4.69, 9.17) is 9.47 Å². The summed E-state index contributed by atoms with van der Waals surface area (Å²) >= 11 is 0. The Kier molecular flexibility index (Phi) is 10.9. The molecule has 0 aliphatic heterocycles. The minimum atomic E-state index is 0. The van der Waals surface area contributed by atoms with Crippen molar-refractivity contribution in [2.24, 2.45) is 0 Å². The highest BCUT2D eigenvalue weighted by Gasteiger charge is 2.12. The summed E-state index contributed by atoms with van der Waals surface area (Å²) in [4.78, 5) is 11.8. The Labute approximate surface area is 144 Å². The molecule has 1 aromatic rings. The van der Waals surface area contributed by atoms with E-state index in [1.165, 1.54) is 0 Å². The van der Waals surface area contributed by atoms with Crippen molar-refractivity contribution in [3.05, 3.63) is 35.9 Å². The summed E-state index contributed by atoms with van der Waals surface area (Å²) in [6, 6.07) is 3.90. The van der Waals surface area contributed by atoms with Crippen molar-refractivity contribution in [2.75, 3.05) is 27.8 Å². The Morgan fingerprint density at radius 3 is 2.61 bits per heavy atom. The molecule has 0 spiro atoms. The molecule has 0 unspecified atom stereocenters. The first-order chi connectivity index (χ1) is 10.7. The highest BCUT2D eigenvalue weighted by molar-refractivity contribution is 5.85. The van der Waals surface area contributed by atoms with E-state index in [1.54, 1.807) is 14.2 Å². The molecule has 0 atom stereocenters. The van der Waals surface area contributed by atoms with Crippen LogP contribution in [0.1, 0.15) is 24.0 Å². The van der Waals surface area contributed by atoms with Crippen LogP contribution >= 0.6 is 12.4 Å². The number of hydrogen-bond acceptors (Lipinski definition) is 4. The first-order valence-corrected chi connectivity index (χ1v) is 7.42. The lowest BCUT2D eigenvalue weighted by atomic mass is 10.1. The van der Waals surface area contributed by atoms with E-state index in [1.807, 2.05) is 25.3 Å². The number of carbonyl (C=O) groups excluding carboxylic acids is 1. The van der Waals surface area contributed by atoms with Gasteiger partial charge in [-0.1, -0.05) is 6.08 Å². The fourth-order valence-corrected chi connectivity index (χ4v) is 2.23. The van der Waals surface area contributed by atoms with Crippen LogP contribution in [0, 0.1) is 0 Å². The average Bonchev–Trinajstić information content (AvgIpc) is 2.53. The predicted octanol–water partition coefficient (Wildman–Crippen LogP) is 2.47. The zero-order valence-corrected chi connectivity index (χ0v) is 14.9. The van der Waals surface area contributed by atoms with Gasteiger partial charge in [-0.2, -0.15) is 0 Å². The van der Waals surface area contributed by atoms with Crippen molar-refractivity contribution in [3.8, 4) is 11.5 Å². The summed E-state index contributed by atoms with van der Waals surface area (Å²) in [5, 5.41) is 5.95. The van der Waals surface area contributed by atoms with E-state index in [-0.39, 0.29) is 18.3 Å². The van der Waals surface area contributed by atoms with E-state index in [0.717, 1.165) is 24.1 Å². The van der Waals surface area contributed by atoms with Crippen molar-refractivity contribution < 1.29 is 14.3 Å². The van der Waals surface area contributed by atoms with Crippen LogP contribution in [0.5, 0.6) is 11.5 Å². The lowest BCUT2D eigenvalue weighted by Gasteiger charge is -2.15. The number of rotatable bonds is 10. The van der Waals surface area contributed by atoms with Crippen molar-refractivity contribution in [2.45, 2.75) is 25.8 Å². The number of allylic oxidation sites excluding steroid dienone is 1. The van der Waals surface area contributed by atoms with Crippen molar-refractivity contribution in [1.82, 2.24) is 10.6 Å². The van der Waals surface area contributed by atoms with Gasteiger partial charge in [-0.05, 0) is 44.1 Å². The molecule has 2 N–H and O–H groups in total. The number of halogens is 1. The Hall–Kier alpha value is -1.72. The van der Waals surface area contributed by atoms with Crippen LogP contribution in [0.3, 0.4) is 0 Å². The third-order valence-corrected chi connectivity index (χ3v) is 3.30. The SMILES string of the molecule is C=CCc1cc(CNC(=O)CCCNC)cc(OC)c1OC.Cl. The molecule has 0 aliphatic carbocycles.